The van der Waals surface area contributed by atoms with Gasteiger partial charge in [-0.1, -0.05) is 0 Å². The molecule has 2 fully saturated rings. The van der Waals surface area contributed by atoms with Crippen LogP contribution in [-0.4, -0.2) is 70.7 Å². The van der Waals surface area contributed by atoms with Gasteiger partial charge < -0.3 is 25.5 Å². The summed E-state index contributed by atoms with van der Waals surface area (Å²) < 4.78 is 0. The highest BCUT2D eigenvalue weighted by Crippen LogP contribution is 2.25. The molecule has 24 heavy (non-hydrogen) atoms. The van der Waals surface area contributed by atoms with E-state index in [1.807, 2.05) is 17.0 Å². The molecule has 0 unspecified atom stereocenters. The van der Waals surface area contributed by atoms with Gasteiger partial charge in [-0.25, -0.2) is 9.78 Å². The molecule has 0 bridgehead atoms. The normalized spacial score (nSPS) is 20.2. The molecule has 2 saturated heterocycles. The number of pyridine rings is 1. The third-order valence-corrected chi connectivity index (χ3v) is 4.82. The maximum Gasteiger partial charge on any atom is 0.407 e. The highest BCUT2D eigenvalue weighted by molar-refractivity contribution is 5.78. The molecular weight excluding hydrogens is 310 g/mol. The molecule has 3 N–H and O–H groups in total. The molecular formula is C16H23N5O3. The zero-order valence-corrected chi connectivity index (χ0v) is 13.6. The first-order chi connectivity index (χ1) is 11.6. The number of nitrogens with two attached hydrogens (primary N) is 1. The van der Waals surface area contributed by atoms with Crippen LogP contribution in [0.2, 0.25) is 0 Å². The Labute approximate surface area is 140 Å². The molecule has 3 heterocycles. The van der Waals surface area contributed by atoms with E-state index < -0.39 is 6.09 Å². The van der Waals surface area contributed by atoms with Gasteiger partial charge in [0.2, 0.25) is 5.91 Å². The van der Waals surface area contributed by atoms with Crippen molar-refractivity contribution in [2.24, 2.45) is 0 Å². The van der Waals surface area contributed by atoms with Gasteiger partial charge in [0, 0.05) is 51.4 Å². The fourth-order valence-electron chi connectivity index (χ4n) is 3.48. The van der Waals surface area contributed by atoms with Gasteiger partial charge in [0.05, 0.1) is 5.69 Å². The van der Waals surface area contributed by atoms with Crippen molar-refractivity contribution in [3.8, 4) is 0 Å². The summed E-state index contributed by atoms with van der Waals surface area (Å²) in [6, 6.07) is 3.82. The standard InChI is InChI=1S/C16H23N5O3/c17-13-2-1-6-18-15(13)19-7-3-12(4-8-19)21-11-10-20(16(23)24)9-5-14(21)22/h1-2,6,12H,3-5,7-11,17H2,(H,23,24). The number of carbonyl (C=O) groups excluding carboxylic acids is 1. The van der Waals surface area contributed by atoms with Crippen molar-refractivity contribution in [1.29, 1.82) is 0 Å². The Balaban J connectivity index is 1.61. The molecule has 0 atom stereocenters. The van der Waals surface area contributed by atoms with Crippen LogP contribution in [0.3, 0.4) is 0 Å². The number of nitrogen functional groups attached to an aromatic ring is 1. The van der Waals surface area contributed by atoms with Gasteiger partial charge in [-0.3, -0.25) is 4.79 Å². The Bertz CT molecular complexity index is 615. The SMILES string of the molecule is Nc1cccnc1N1CCC(N2CCN(C(=O)O)CCC2=O)CC1. The van der Waals surface area contributed by atoms with E-state index in [4.69, 9.17) is 10.8 Å². The first-order valence-corrected chi connectivity index (χ1v) is 8.29. The predicted octanol–water partition coefficient (Wildman–Crippen LogP) is 0.845. The molecule has 2 amide bonds. The smallest absolute Gasteiger partial charge is 0.407 e. The highest BCUT2D eigenvalue weighted by Gasteiger charge is 2.31. The average molecular weight is 333 g/mol. The molecule has 1 aromatic heterocycles. The monoisotopic (exact) mass is 333 g/mol. The van der Waals surface area contributed by atoms with Crippen molar-refractivity contribution in [3.63, 3.8) is 0 Å². The number of nitrogens with zero attached hydrogens (tertiary/aromatic N) is 4. The van der Waals surface area contributed by atoms with Gasteiger partial charge in [-0.05, 0) is 25.0 Å². The first kappa shape index (κ1) is 16.4. The van der Waals surface area contributed by atoms with E-state index in [2.05, 4.69) is 9.88 Å². The topological polar surface area (TPSA) is 103 Å². The van der Waals surface area contributed by atoms with Crippen LogP contribution in [0.5, 0.6) is 0 Å². The zero-order valence-electron chi connectivity index (χ0n) is 13.6. The van der Waals surface area contributed by atoms with E-state index in [0.29, 0.717) is 18.8 Å². The third kappa shape index (κ3) is 3.37. The lowest BCUT2D eigenvalue weighted by Crippen LogP contribution is -2.48. The Morgan fingerprint density at radius 1 is 1.21 bits per heavy atom. The molecule has 0 aromatic carbocycles. The minimum Gasteiger partial charge on any atom is -0.465 e. The molecule has 8 heteroatoms. The minimum atomic E-state index is -0.954. The van der Waals surface area contributed by atoms with E-state index in [-0.39, 0.29) is 24.9 Å². The molecule has 130 valence electrons. The number of anilines is 2. The molecule has 0 spiro atoms. The summed E-state index contributed by atoms with van der Waals surface area (Å²) in [5.74, 6) is 0.852. The van der Waals surface area contributed by atoms with Gasteiger partial charge in [0.1, 0.15) is 0 Å². The summed E-state index contributed by atoms with van der Waals surface area (Å²) in [5.41, 5.74) is 6.65. The van der Waals surface area contributed by atoms with Crippen LogP contribution < -0.4 is 10.6 Å². The number of hydrogen-bond donors (Lipinski definition) is 2. The minimum absolute atomic E-state index is 0.0505. The van der Waals surface area contributed by atoms with Gasteiger partial charge in [0.25, 0.3) is 0 Å². The van der Waals surface area contributed by atoms with E-state index in [1.54, 1.807) is 6.20 Å². The van der Waals surface area contributed by atoms with Crippen molar-refractivity contribution in [3.05, 3.63) is 18.3 Å². The van der Waals surface area contributed by atoms with Crippen molar-refractivity contribution in [2.75, 3.05) is 43.4 Å². The van der Waals surface area contributed by atoms with Gasteiger partial charge in [-0.15, -0.1) is 0 Å². The van der Waals surface area contributed by atoms with Crippen LogP contribution in [-0.2, 0) is 4.79 Å². The fraction of sp³-hybridized carbons (Fsp3) is 0.562. The Kier molecular flexibility index (Phi) is 4.73. The fourth-order valence-corrected chi connectivity index (χ4v) is 3.48. The molecule has 8 nitrogen and oxygen atoms in total. The summed E-state index contributed by atoms with van der Waals surface area (Å²) in [6.45, 7) is 2.72. The van der Waals surface area contributed by atoms with Crippen LogP contribution in [0.1, 0.15) is 19.3 Å². The average Bonchev–Trinajstić information content (AvgIpc) is 2.77. The number of piperidine rings is 1. The highest BCUT2D eigenvalue weighted by atomic mass is 16.4. The Hall–Kier alpha value is -2.51. The van der Waals surface area contributed by atoms with Crippen LogP contribution in [0, 0.1) is 0 Å². The molecule has 2 aliphatic heterocycles. The lowest BCUT2D eigenvalue weighted by Gasteiger charge is -2.38. The molecule has 3 rings (SSSR count). The number of rotatable bonds is 2. The van der Waals surface area contributed by atoms with E-state index in [1.165, 1.54) is 4.90 Å². The van der Waals surface area contributed by atoms with Gasteiger partial charge in [-0.2, -0.15) is 0 Å². The largest absolute Gasteiger partial charge is 0.465 e. The van der Waals surface area contributed by atoms with Crippen LogP contribution in [0.15, 0.2) is 18.3 Å². The van der Waals surface area contributed by atoms with Crippen molar-refractivity contribution in [1.82, 2.24) is 14.8 Å². The molecule has 1 aromatic rings. The van der Waals surface area contributed by atoms with Crippen LogP contribution >= 0.6 is 0 Å². The van der Waals surface area contributed by atoms with E-state index >= 15 is 0 Å². The van der Waals surface area contributed by atoms with Gasteiger partial charge >= 0.3 is 6.09 Å². The Morgan fingerprint density at radius 3 is 2.62 bits per heavy atom. The third-order valence-electron chi connectivity index (χ3n) is 4.82. The number of aromatic nitrogens is 1. The zero-order chi connectivity index (χ0) is 17.1. The second-order valence-corrected chi connectivity index (χ2v) is 6.24. The maximum atomic E-state index is 12.3. The van der Waals surface area contributed by atoms with E-state index in [0.717, 1.165) is 31.7 Å². The predicted molar refractivity (Wildman–Crippen MR) is 89.8 cm³/mol. The lowest BCUT2D eigenvalue weighted by atomic mass is 10.0. The summed E-state index contributed by atoms with van der Waals surface area (Å²) >= 11 is 0. The second-order valence-electron chi connectivity index (χ2n) is 6.24. The molecule has 0 saturated carbocycles. The molecule has 0 aliphatic carbocycles. The van der Waals surface area contributed by atoms with Crippen LogP contribution in [0.25, 0.3) is 0 Å². The van der Waals surface area contributed by atoms with Crippen molar-refractivity contribution < 1.29 is 14.7 Å². The van der Waals surface area contributed by atoms with Crippen LogP contribution in [0.4, 0.5) is 16.3 Å². The van der Waals surface area contributed by atoms with Crippen molar-refractivity contribution >= 4 is 23.5 Å². The second kappa shape index (κ2) is 6.94. The summed E-state index contributed by atoms with van der Waals surface area (Å²) in [5, 5.41) is 9.10. The lowest BCUT2D eigenvalue weighted by molar-refractivity contribution is -0.133. The number of amides is 2. The summed E-state index contributed by atoms with van der Waals surface area (Å²) in [4.78, 5) is 33.1. The number of hydrogen-bond acceptors (Lipinski definition) is 5. The summed E-state index contributed by atoms with van der Waals surface area (Å²) in [6.07, 6.45) is 2.73. The number of carbonyl (C=O) groups is 2. The van der Waals surface area contributed by atoms with E-state index in [9.17, 15) is 9.59 Å². The molecule has 2 aliphatic rings. The maximum absolute atomic E-state index is 12.3. The Morgan fingerprint density at radius 2 is 1.96 bits per heavy atom. The number of carboxylic acid groups (broad SMARTS) is 1. The van der Waals surface area contributed by atoms with Gasteiger partial charge in [0.15, 0.2) is 5.82 Å². The molecule has 0 radical (unpaired) electrons. The quantitative estimate of drug-likeness (QED) is 0.831. The van der Waals surface area contributed by atoms with Crippen molar-refractivity contribution in [2.45, 2.75) is 25.3 Å². The first-order valence-electron chi connectivity index (χ1n) is 8.29. The summed E-state index contributed by atoms with van der Waals surface area (Å²) in [7, 11) is 0.